The maximum atomic E-state index is 12.6. The largest absolute Gasteiger partial charge is 0.354 e. The minimum atomic E-state index is -2.87. The van der Waals surface area contributed by atoms with Crippen molar-refractivity contribution >= 4 is 22.8 Å². The third-order valence-electron chi connectivity index (χ3n) is 4.11. The summed E-state index contributed by atoms with van der Waals surface area (Å²) in [6.45, 7) is 4.00. The van der Waals surface area contributed by atoms with Crippen molar-refractivity contribution in [2.45, 2.75) is 26.3 Å². The SMILES string of the molecule is [2H]c1nc(N([C@H]2CN(C(=O)C([2H])([2H])[N+]#[C-])CC[C@@]2([2H])C)C([2H])([2H])[2H])c2c([2H])c(C)[nH]c2n1. The maximum absolute atomic E-state index is 12.6. The summed E-state index contributed by atoms with van der Waals surface area (Å²) < 4.78 is 64.7. The normalized spacial score (nSPS) is 29.9. The number of aryl methyl sites for hydroxylation is 1. The van der Waals surface area contributed by atoms with Gasteiger partial charge < -0.3 is 19.6 Å². The molecule has 2 atom stereocenters. The van der Waals surface area contributed by atoms with Crippen LogP contribution in [0.2, 0.25) is 0 Å². The lowest BCUT2D eigenvalue weighted by Crippen LogP contribution is -2.53. The second-order valence-corrected chi connectivity index (χ2v) is 5.70. The predicted molar refractivity (Wildman–Crippen MR) is 92.6 cm³/mol. The van der Waals surface area contributed by atoms with E-state index in [-0.39, 0.29) is 42.4 Å². The summed E-state index contributed by atoms with van der Waals surface area (Å²) >= 11 is 0. The van der Waals surface area contributed by atoms with Gasteiger partial charge in [-0.3, -0.25) is 4.79 Å². The first kappa shape index (κ1) is 9.02. The number of nitrogens with zero attached hydrogens (tertiary/aromatic N) is 5. The van der Waals surface area contributed by atoms with E-state index in [1.807, 2.05) is 0 Å². The van der Waals surface area contributed by atoms with Crippen molar-refractivity contribution in [1.29, 1.82) is 0 Å². The van der Waals surface area contributed by atoms with Gasteiger partial charge in [-0.05, 0) is 25.3 Å². The van der Waals surface area contributed by atoms with Gasteiger partial charge in [-0.2, -0.15) is 0 Å². The zero-order valence-electron chi connectivity index (χ0n) is 21.3. The Balaban J connectivity index is 2.19. The third-order valence-corrected chi connectivity index (χ3v) is 4.11. The van der Waals surface area contributed by atoms with Gasteiger partial charge in [0.15, 0.2) is 0 Å². The summed E-state index contributed by atoms with van der Waals surface area (Å²) in [7, 11) is 0. The van der Waals surface area contributed by atoms with Gasteiger partial charge in [-0.25, -0.2) is 16.5 Å². The summed E-state index contributed by atoms with van der Waals surface area (Å²) in [4.78, 5) is 27.9. The number of H-pyrrole nitrogens is 1. The fourth-order valence-corrected chi connectivity index (χ4v) is 2.80. The molecule has 24 heavy (non-hydrogen) atoms. The molecule has 0 spiro atoms. The van der Waals surface area contributed by atoms with E-state index in [1.165, 1.54) is 6.92 Å². The van der Waals surface area contributed by atoms with E-state index in [4.69, 9.17) is 17.5 Å². The third kappa shape index (κ3) is 2.92. The molecule has 1 aliphatic rings. The Hall–Kier alpha value is -2.62. The Bertz CT molecular complexity index is 1110. The number of nitrogens with one attached hydrogen (secondary N) is 1. The van der Waals surface area contributed by atoms with Crippen LogP contribution in [-0.4, -0.2) is 58.4 Å². The highest BCUT2D eigenvalue weighted by Gasteiger charge is 2.33. The van der Waals surface area contributed by atoms with Gasteiger partial charge in [0, 0.05) is 31.2 Å². The van der Waals surface area contributed by atoms with Crippen molar-refractivity contribution in [3.63, 3.8) is 0 Å². The van der Waals surface area contributed by atoms with E-state index in [9.17, 15) is 4.79 Å². The average Bonchev–Trinajstić information content (AvgIpc) is 2.95. The Labute approximate surface area is 152 Å². The van der Waals surface area contributed by atoms with Crippen molar-refractivity contribution in [2.24, 2.45) is 5.89 Å². The minimum Gasteiger partial charge on any atom is -0.354 e. The molecule has 0 aliphatic carbocycles. The Morgan fingerprint density at radius 3 is 3.33 bits per heavy atom. The molecule has 3 heterocycles. The van der Waals surface area contributed by atoms with Gasteiger partial charge in [-0.15, -0.1) is 0 Å². The lowest BCUT2D eigenvalue weighted by Gasteiger charge is -2.41. The van der Waals surface area contributed by atoms with E-state index < -0.39 is 37.6 Å². The predicted octanol–water partition coefficient (Wildman–Crippen LogP) is 1.86. The van der Waals surface area contributed by atoms with Gasteiger partial charge in [0.2, 0.25) is 0 Å². The zero-order valence-corrected chi connectivity index (χ0v) is 13.3. The molecular formula is C17H22N6O. The number of anilines is 1. The molecule has 2 aromatic heterocycles. The van der Waals surface area contributed by atoms with Crippen molar-refractivity contribution < 1.29 is 15.8 Å². The smallest absolute Gasteiger partial charge is 0.302 e. The molecule has 1 aliphatic heterocycles. The van der Waals surface area contributed by atoms with Crippen molar-refractivity contribution in [3.8, 4) is 0 Å². The molecule has 0 aromatic carbocycles. The summed E-state index contributed by atoms with van der Waals surface area (Å²) in [5.74, 6) is -2.74. The van der Waals surface area contributed by atoms with E-state index in [2.05, 4.69) is 19.8 Å². The number of carbonyl (C=O) groups excluding carboxylic acids is 1. The number of piperidine rings is 1. The van der Waals surface area contributed by atoms with E-state index in [0.717, 1.165) is 9.80 Å². The molecule has 7 nitrogen and oxygen atoms in total. The highest BCUT2D eigenvalue weighted by atomic mass is 16.2. The topological polar surface area (TPSA) is 69.5 Å². The van der Waals surface area contributed by atoms with Crippen LogP contribution in [0.4, 0.5) is 5.82 Å². The molecule has 0 saturated carbocycles. The molecule has 0 unspecified atom stereocenters. The summed E-state index contributed by atoms with van der Waals surface area (Å²) in [5, 5.41) is 0.0744. The van der Waals surface area contributed by atoms with Crippen LogP contribution >= 0.6 is 0 Å². The van der Waals surface area contributed by atoms with E-state index >= 15 is 0 Å². The van der Waals surface area contributed by atoms with Crippen LogP contribution in [0.5, 0.6) is 0 Å². The molecule has 2 aromatic rings. The van der Waals surface area contributed by atoms with E-state index in [1.54, 1.807) is 6.92 Å². The number of aromatic amines is 1. The molecule has 1 fully saturated rings. The van der Waals surface area contributed by atoms with Crippen LogP contribution in [-0.2, 0) is 4.79 Å². The number of likely N-dealkylation sites (tertiary alicyclic amines) is 1. The maximum Gasteiger partial charge on any atom is 0.302 e. The van der Waals surface area contributed by atoms with Crippen LogP contribution in [0.1, 0.15) is 30.0 Å². The number of rotatable bonds is 3. The summed E-state index contributed by atoms with van der Waals surface area (Å²) in [6, 6.07) is -1.25. The number of carbonyl (C=O) groups is 1. The van der Waals surface area contributed by atoms with E-state index in [0.29, 0.717) is 5.69 Å². The summed E-state index contributed by atoms with van der Waals surface area (Å²) in [5.41, 5.74) is 0.502. The minimum absolute atomic E-state index is 0.0188. The number of hydrogen-bond donors (Lipinski definition) is 1. The molecule has 0 radical (unpaired) electrons. The number of hydrogen-bond acceptors (Lipinski definition) is 4. The number of likely N-dealkylation sites (N-methyl/N-ethyl adjacent to an activating group) is 1. The molecule has 0 bridgehead atoms. The zero-order chi connectivity index (χ0) is 24.2. The molecule has 1 saturated heterocycles. The fraction of sp³-hybridized carbons (Fsp3) is 0.529. The van der Waals surface area contributed by atoms with Gasteiger partial charge in [0.05, 0.1) is 12.8 Å². The fourth-order valence-electron chi connectivity index (χ4n) is 2.80. The first-order chi connectivity index (χ1) is 14.6. The Kier molecular flexibility index (Phi) is 2.43. The summed E-state index contributed by atoms with van der Waals surface area (Å²) in [6.07, 6.45) is -0.464. The van der Waals surface area contributed by atoms with Gasteiger partial charge in [-0.1, -0.05) is 6.92 Å². The molecule has 1 amide bonds. The number of fused-ring (bicyclic) bond motifs is 1. The molecule has 1 N–H and O–H groups in total. The standard InChI is InChI=1S/C17H22N6O/c1-11-5-6-23(15(24)8-18-3)9-14(11)22(4)17-13-7-12(2)21-16(13)19-10-20-17/h7,10-11,14H,5-6,8-9H2,1-2,4H3,(H,19,20,21)/t11-,14+/m1/s1/i4D3,7D,8D2,10D,11D. The van der Waals surface area contributed by atoms with Crippen LogP contribution in [0, 0.1) is 19.4 Å². The monoisotopic (exact) mass is 334 g/mol. The van der Waals surface area contributed by atoms with Gasteiger partial charge in [0.1, 0.15) is 21.9 Å². The van der Waals surface area contributed by atoms with Crippen LogP contribution in [0.25, 0.3) is 15.9 Å². The highest BCUT2D eigenvalue weighted by molar-refractivity contribution is 5.88. The average molecular weight is 334 g/mol. The molecular weight excluding hydrogens is 304 g/mol. The molecule has 3 rings (SSSR count). The first-order valence-corrected chi connectivity index (χ1v) is 7.41. The number of aromatic nitrogens is 3. The Morgan fingerprint density at radius 2 is 2.58 bits per heavy atom. The quantitative estimate of drug-likeness (QED) is 0.870. The first-order valence-electron chi connectivity index (χ1n) is 11.4. The van der Waals surface area contributed by atoms with Crippen molar-refractivity contribution in [2.75, 3.05) is 31.5 Å². The second-order valence-electron chi connectivity index (χ2n) is 5.70. The lowest BCUT2D eigenvalue weighted by molar-refractivity contribution is -0.130. The lowest BCUT2D eigenvalue weighted by atomic mass is 9.92. The Morgan fingerprint density at radius 1 is 1.75 bits per heavy atom. The van der Waals surface area contributed by atoms with Crippen LogP contribution in [0.3, 0.4) is 0 Å². The van der Waals surface area contributed by atoms with Crippen LogP contribution in [0.15, 0.2) is 12.3 Å². The number of amides is 1. The van der Waals surface area contributed by atoms with Gasteiger partial charge >= 0.3 is 5.91 Å². The van der Waals surface area contributed by atoms with Crippen molar-refractivity contribution in [1.82, 2.24) is 19.9 Å². The van der Waals surface area contributed by atoms with Crippen LogP contribution < -0.4 is 4.90 Å². The second kappa shape index (κ2) is 6.48. The molecule has 126 valence electrons. The molecule has 7 heteroatoms. The highest BCUT2D eigenvalue weighted by Crippen LogP contribution is 2.29. The van der Waals surface area contributed by atoms with Gasteiger partial charge in [0.25, 0.3) is 6.50 Å². The van der Waals surface area contributed by atoms with Crippen molar-refractivity contribution in [3.05, 3.63) is 29.5 Å².